The van der Waals surface area contributed by atoms with Crippen LogP contribution in [0, 0.1) is 0 Å². The van der Waals surface area contributed by atoms with Gasteiger partial charge in [0.25, 0.3) is 0 Å². The number of amides is 1. The summed E-state index contributed by atoms with van der Waals surface area (Å²) in [4.78, 5) is 12.3. The van der Waals surface area contributed by atoms with Crippen molar-refractivity contribution in [2.24, 2.45) is 0 Å². The lowest BCUT2D eigenvalue weighted by Crippen LogP contribution is -2.53. The largest absolute Gasteiger partial charge is 0.465 e. The smallest absolute Gasteiger partial charge is 0.408 e. The van der Waals surface area contributed by atoms with Crippen LogP contribution in [0.2, 0.25) is 0 Å². The van der Waals surface area contributed by atoms with Crippen LogP contribution >= 0.6 is 11.8 Å². The number of nitrogens with zero attached hydrogens (tertiary/aromatic N) is 1. The molecule has 2 unspecified atom stereocenters. The van der Waals surface area contributed by atoms with E-state index in [1.54, 1.807) is 16.7 Å². The van der Waals surface area contributed by atoms with E-state index in [2.05, 4.69) is 5.32 Å². The van der Waals surface area contributed by atoms with Gasteiger partial charge in [-0.1, -0.05) is 0 Å². The van der Waals surface area contributed by atoms with Gasteiger partial charge in [-0.3, -0.25) is 4.90 Å². The standard InChI is InChI=1S/C6H10N2O2S/c9-6(10)8-4-1-7-2-5(8)11-3-4/h4-5,7H,1-3H2,(H,9,10). The van der Waals surface area contributed by atoms with Crippen molar-refractivity contribution in [2.75, 3.05) is 18.8 Å². The number of carbonyl (C=O) groups is 1. The van der Waals surface area contributed by atoms with Crippen molar-refractivity contribution in [1.82, 2.24) is 10.2 Å². The monoisotopic (exact) mass is 174 g/mol. The van der Waals surface area contributed by atoms with Crippen LogP contribution in [0.3, 0.4) is 0 Å². The number of piperazine rings is 1. The molecule has 0 aromatic carbocycles. The molecule has 4 nitrogen and oxygen atoms in total. The minimum atomic E-state index is -0.772. The van der Waals surface area contributed by atoms with E-state index < -0.39 is 6.09 Å². The molecule has 11 heavy (non-hydrogen) atoms. The van der Waals surface area contributed by atoms with E-state index >= 15 is 0 Å². The molecule has 0 aliphatic carbocycles. The molecule has 2 N–H and O–H groups in total. The molecule has 0 saturated carbocycles. The second kappa shape index (κ2) is 2.57. The van der Waals surface area contributed by atoms with Crippen LogP contribution in [0.1, 0.15) is 0 Å². The van der Waals surface area contributed by atoms with Gasteiger partial charge in [0.2, 0.25) is 0 Å². The summed E-state index contributed by atoms with van der Waals surface area (Å²) in [6.07, 6.45) is -0.772. The summed E-state index contributed by atoms with van der Waals surface area (Å²) in [5.74, 6) is 0.948. The Morgan fingerprint density at radius 2 is 2.45 bits per heavy atom. The summed E-state index contributed by atoms with van der Waals surface area (Å²) >= 11 is 1.73. The van der Waals surface area contributed by atoms with Crippen molar-refractivity contribution in [3.05, 3.63) is 0 Å². The number of hydrogen-bond donors (Lipinski definition) is 2. The molecule has 2 rings (SSSR count). The summed E-state index contributed by atoms with van der Waals surface area (Å²) < 4.78 is 0. The summed E-state index contributed by atoms with van der Waals surface area (Å²) in [5.41, 5.74) is 0. The first-order chi connectivity index (χ1) is 5.29. The van der Waals surface area contributed by atoms with Crippen LogP contribution < -0.4 is 5.32 Å². The van der Waals surface area contributed by atoms with Crippen molar-refractivity contribution < 1.29 is 9.90 Å². The molecule has 62 valence electrons. The van der Waals surface area contributed by atoms with Gasteiger partial charge in [-0.05, 0) is 0 Å². The third-order valence-corrected chi connectivity index (χ3v) is 3.46. The van der Waals surface area contributed by atoms with Gasteiger partial charge in [0.1, 0.15) is 0 Å². The van der Waals surface area contributed by atoms with Crippen LogP contribution in [0.5, 0.6) is 0 Å². The fraction of sp³-hybridized carbons (Fsp3) is 0.833. The van der Waals surface area contributed by atoms with Crippen LogP contribution in [0.4, 0.5) is 4.79 Å². The zero-order valence-electron chi connectivity index (χ0n) is 5.99. The molecular weight excluding hydrogens is 164 g/mol. The summed E-state index contributed by atoms with van der Waals surface area (Å²) in [6, 6.07) is 0.205. The van der Waals surface area contributed by atoms with Gasteiger partial charge < -0.3 is 10.4 Å². The molecule has 0 radical (unpaired) electrons. The zero-order chi connectivity index (χ0) is 7.84. The highest BCUT2D eigenvalue weighted by Gasteiger charge is 2.40. The second-order valence-electron chi connectivity index (χ2n) is 2.79. The van der Waals surface area contributed by atoms with Crippen molar-refractivity contribution in [3.63, 3.8) is 0 Å². The Hall–Kier alpha value is -0.420. The van der Waals surface area contributed by atoms with E-state index in [0.717, 1.165) is 18.8 Å². The van der Waals surface area contributed by atoms with Gasteiger partial charge in [-0.2, -0.15) is 0 Å². The van der Waals surface area contributed by atoms with Crippen LogP contribution in [0.25, 0.3) is 0 Å². The molecule has 2 heterocycles. The lowest BCUT2D eigenvalue weighted by Gasteiger charge is -2.31. The van der Waals surface area contributed by atoms with Gasteiger partial charge in [0.15, 0.2) is 0 Å². The van der Waals surface area contributed by atoms with Gasteiger partial charge in [0.05, 0.1) is 11.4 Å². The molecule has 2 saturated heterocycles. The van der Waals surface area contributed by atoms with Gasteiger partial charge in [-0.15, -0.1) is 11.8 Å². The molecular formula is C6H10N2O2S. The Kier molecular flexibility index (Phi) is 1.69. The van der Waals surface area contributed by atoms with E-state index in [-0.39, 0.29) is 11.4 Å². The quantitative estimate of drug-likeness (QED) is 0.543. The molecule has 5 heteroatoms. The Labute approximate surface area is 68.9 Å². The Morgan fingerprint density at radius 3 is 3.00 bits per heavy atom. The molecule has 2 aliphatic heterocycles. The van der Waals surface area contributed by atoms with E-state index in [0.29, 0.717) is 0 Å². The van der Waals surface area contributed by atoms with Crippen LogP contribution in [0.15, 0.2) is 0 Å². The van der Waals surface area contributed by atoms with Crippen molar-refractivity contribution >= 4 is 17.9 Å². The predicted molar refractivity (Wildman–Crippen MR) is 42.8 cm³/mol. The third kappa shape index (κ3) is 1.08. The number of thioether (sulfide) groups is 1. The molecule has 2 fully saturated rings. The van der Waals surface area contributed by atoms with Crippen molar-refractivity contribution in [1.29, 1.82) is 0 Å². The first-order valence-electron chi connectivity index (χ1n) is 3.62. The average Bonchev–Trinajstić information content (AvgIpc) is 2.23. The number of hydrogen-bond acceptors (Lipinski definition) is 3. The summed E-state index contributed by atoms with van der Waals surface area (Å²) in [5, 5.41) is 12.2. The Bertz CT molecular complexity index is 171. The first-order valence-corrected chi connectivity index (χ1v) is 4.67. The number of rotatable bonds is 0. The summed E-state index contributed by atoms with van der Waals surface area (Å²) in [7, 11) is 0. The maximum Gasteiger partial charge on any atom is 0.408 e. The number of carboxylic acid groups (broad SMARTS) is 1. The van der Waals surface area contributed by atoms with Crippen LogP contribution in [-0.2, 0) is 0 Å². The second-order valence-corrected chi connectivity index (χ2v) is 4.00. The molecule has 2 bridgehead atoms. The molecule has 0 spiro atoms. The zero-order valence-corrected chi connectivity index (χ0v) is 6.80. The minimum absolute atomic E-state index is 0.159. The van der Waals surface area contributed by atoms with Crippen LogP contribution in [-0.4, -0.2) is 46.4 Å². The highest BCUT2D eigenvalue weighted by Crippen LogP contribution is 2.30. The SMILES string of the molecule is O=C(O)N1C2CNCC1SC2. The lowest BCUT2D eigenvalue weighted by molar-refractivity contribution is 0.117. The van der Waals surface area contributed by atoms with E-state index in [4.69, 9.17) is 5.11 Å². The fourth-order valence-electron chi connectivity index (χ4n) is 1.59. The molecule has 1 amide bonds. The van der Waals surface area contributed by atoms with E-state index in [9.17, 15) is 4.79 Å². The molecule has 0 aromatic heterocycles. The molecule has 2 aliphatic rings. The molecule has 2 atom stereocenters. The summed E-state index contributed by atoms with van der Waals surface area (Å²) in [6.45, 7) is 1.61. The third-order valence-electron chi connectivity index (χ3n) is 2.10. The van der Waals surface area contributed by atoms with Gasteiger partial charge in [-0.25, -0.2) is 4.79 Å². The fourth-order valence-corrected chi connectivity index (χ4v) is 2.97. The van der Waals surface area contributed by atoms with Crippen molar-refractivity contribution in [2.45, 2.75) is 11.4 Å². The maximum absolute atomic E-state index is 10.7. The van der Waals surface area contributed by atoms with E-state index in [1.165, 1.54) is 0 Å². The highest BCUT2D eigenvalue weighted by molar-refractivity contribution is 8.00. The average molecular weight is 174 g/mol. The topological polar surface area (TPSA) is 52.6 Å². The number of fused-ring (bicyclic) bond motifs is 2. The van der Waals surface area contributed by atoms with E-state index in [1.807, 2.05) is 0 Å². The van der Waals surface area contributed by atoms with Gasteiger partial charge >= 0.3 is 6.09 Å². The number of nitrogens with one attached hydrogen (secondary N) is 1. The lowest BCUT2D eigenvalue weighted by atomic mass is 10.2. The maximum atomic E-state index is 10.7. The highest BCUT2D eigenvalue weighted by atomic mass is 32.2. The Morgan fingerprint density at radius 1 is 1.64 bits per heavy atom. The van der Waals surface area contributed by atoms with Gasteiger partial charge in [0, 0.05) is 18.8 Å². The normalized spacial score (nSPS) is 35.8. The predicted octanol–water partition coefficient (Wildman–Crippen LogP) is 0.0111. The molecule has 0 aromatic rings. The van der Waals surface area contributed by atoms with Crippen molar-refractivity contribution in [3.8, 4) is 0 Å². The minimum Gasteiger partial charge on any atom is -0.465 e. The Balaban J connectivity index is 2.15. The first kappa shape index (κ1) is 7.24.